The number of hydrogen-bond donors (Lipinski definition) is 2. The Bertz CT molecular complexity index is 578. The number of rotatable bonds is 3. The molecule has 19 heavy (non-hydrogen) atoms. The predicted molar refractivity (Wildman–Crippen MR) is 80.5 cm³/mol. The van der Waals surface area contributed by atoms with Crippen LogP contribution in [0.4, 0.5) is 0 Å². The molecule has 1 atom stereocenters. The van der Waals surface area contributed by atoms with Crippen molar-refractivity contribution in [2.24, 2.45) is 7.05 Å². The van der Waals surface area contributed by atoms with Crippen molar-refractivity contribution in [2.45, 2.75) is 32.3 Å². The average molecular weight is 260 g/mol. The van der Waals surface area contributed by atoms with Gasteiger partial charge < -0.3 is 15.0 Å². The summed E-state index contributed by atoms with van der Waals surface area (Å²) in [5.41, 5.74) is 3.58. The maximum absolute atomic E-state index is 10.2. The molecule has 1 unspecified atom stereocenters. The Morgan fingerprint density at radius 3 is 2.58 bits per heavy atom. The van der Waals surface area contributed by atoms with Crippen LogP contribution in [0.1, 0.15) is 38.0 Å². The van der Waals surface area contributed by atoms with E-state index < -0.39 is 6.10 Å². The molecule has 1 aromatic heterocycles. The Balaban J connectivity index is 2.59. The molecule has 0 amide bonds. The first-order valence-electron chi connectivity index (χ1n) is 6.76. The highest BCUT2D eigenvalue weighted by molar-refractivity contribution is 5.85. The van der Waals surface area contributed by atoms with Gasteiger partial charge in [-0.25, -0.2) is 0 Å². The molecule has 0 saturated heterocycles. The fourth-order valence-corrected chi connectivity index (χ4v) is 2.46. The minimum Gasteiger partial charge on any atom is -0.387 e. The molecule has 0 fully saturated rings. The molecule has 0 radical (unpaired) electrons. The van der Waals surface area contributed by atoms with Crippen LogP contribution in [0.2, 0.25) is 0 Å². The molecular weight excluding hydrogens is 236 g/mol. The Morgan fingerprint density at radius 2 is 2.00 bits per heavy atom. The van der Waals surface area contributed by atoms with Gasteiger partial charge in [0.1, 0.15) is 0 Å². The molecule has 1 aromatic carbocycles. The van der Waals surface area contributed by atoms with Gasteiger partial charge in [-0.2, -0.15) is 0 Å². The lowest BCUT2D eigenvalue weighted by atomic mass is 9.86. The van der Waals surface area contributed by atoms with Gasteiger partial charge in [-0.1, -0.05) is 26.8 Å². The molecule has 0 bridgehead atoms. The molecule has 0 saturated carbocycles. The van der Waals surface area contributed by atoms with Gasteiger partial charge >= 0.3 is 0 Å². The first kappa shape index (κ1) is 14.1. The predicted octanol–water partition coefficient (Wildman–Crippen LogP) is 2.73. The molecule has 3 heteroatoms. The Hall–Kier alpha value is -1.32. The van der Waals surface area contributed by atoms with Crippen LogP contribution < -0.4 is 5.32 Å². The van der Waals surface area contributed by atoms with E-state index in [1.807, 2.05) is 20.3 Å². The Labute approximate surface area is 115 Å². The third-order valence-corrected chi connectivity index (χ3v) is 3.64. The maximum Gasteiger partial charge on any atom is 0.0934 e. The highest BCUT2D eigenvalue weighted by atomic mass is 16.3. The maximum atomic E-state index is 10.2. The fourth-order valence-electron chi connectivity index (χ4n) is 2.46. The molecule has 1 heterocycles. The van der Waals surface area contributed by atoms with E-state index in [-0.39, 0.29) is 5.41 Å². The summed E-state index contributed by atoms with van der Waals surface area (Å²) in [6, 6.07) is 6.53. The summed E-state index contributed by atoms with van der Waals surface area (Å²) in [4.78, 5) is 0. The number of aliphatic hydroxyl groups is 1. The second-order valence-electron chi connectivity index (χ2n) is 6.25. The second kappa shape index (κ2) is 4.99. The number of likely N-dealkylation sites (N-methyl/N-ethyl adjacent to an activating group) is 1. The Kier molecular flexibility index (Phi) is 3.70. The molecule has 2 N–H and O–H groups in total. The quantitative estimate of drug-likeness (QED) is 0.890. The smallest absolute Gasteiger partial charge is 0.0934 e. The minimum absolute atomic E-state index is 0.120. The largest absolute Gasteiger partial charge is 0.387 e. The highest BCUT2D eigenvalue weighted by Gasteiger charge is 2.18. The van der Waals surface area contributed by atoms with E-state index in [2.05, 4.69) is 48.9 Å². The van der Waals surface area contributed by atoms with E-state index in [0.29, 0.717) is 6.54 Å². The fraction of sp³-hybridized carbons (Fsp3) is 0.500. The molecule has 3 nitrogen and oxygen atoms in total. The summed E-state index contributed by atoms with van der Waals surface area (Å²) < 4.78 is 2.08. The summed E-state index contributed by atoms with van der Waals surface area (Å²) in [6.07, 6.45) is 1.56. The van der Waals surface area contributed by atoms with Crippen LogP contribution in [0, 0.1) is 0 Å². The van der Waals surface area contributed by atoms with Gasteiger partial charge in [0.25, 0.3) is 0 Å². The second-order valence-corrected chi connectivity index (χ2v) is 6.25. The van der Waals surface area contributed by atoms with Crippen molar-refractivity contribution in [3.05, 3.63) is 35.5 Å². The minimum atomic E-state index is -0.469. The number of aryl methyl sites for hydroxylation is 1. The van der Waals surface area contributed by atoms with E-state index in [0.717, 1.165) is 16.5 Å². The number of hydrogen-bond acceptors (Lipinski definition) is 2. The van der Waals surface area contributed by atoms with Crippen molar-refractivity contribution < 1.29 is 5.11 Å². The van der Waals surface area contributed by atoms with Crippen LogP contribution in [-0.2, 0) is 12.5 Å². The number of aliphatic hydroxyl groups excluding tert-OH is 1. The Morgan fingerprint density at radius 1 is 1.32 bits per heavy atom. The molecule has 2 rings (SSSR count). The van der Waals surface area contributed by atoms with Crippen molar-refractivity contribution in [3.8, 4) is 0 Å². The lowest BCUT2D eigenvalue weighted by Crippen LogP contribution is -2.16. The standard InChI is InChI=1S/C16H24N2O/c1-16(2,3)11-6-7-14-12(8-11)13(10-18(14)5)15(19)9-17-4/h6-8,10,15,17,19H,9H2,1-5H3. The van der Waals surface area contributed by atoms with Gasteiger partial charge in [0, 0.05) is 36.3 Å². The number of aromatic nitrogens is 1. The van der Waals surface area contributed by atoms with E-state index in [1.54, 1.807) is 0 Å². The van der Waals surface area contributed by atoms with E-state index in [1.165, 1.54) is 5.56 Å². The van der Waals surface area contributed by atoms with Gasteiger partial charge in [-0.15, -0.1) is 0 Å². The van der Waals surface area contributed by atoms with Crippen molar-refractivity contribution in [2.75, 3.05) is 13.6 Å². The summed E-state index contributed by atoms with van der Waals surface area (Å²) in [7, 11) is 3.88. The zero-order chi connectivity index (χ0) is 14.2. The first-order valence-corrected chi connectivity index (χ1v) is 6.76. The van der Waals surface area contributed by atoms with Gasteiger partial charge in [0.15, 0.2) is 0 Å². The van der Waals surface area contributed by atoms with Crippen LogP contribution in [-0.4, -0.2) is 23.3 Å². The molecule has 104 valence electrons. The average Bonchev–Trinajstić information content (AvgIpc) is 2.66. The summed E-state index contributed by atoms with van der Waals surface area (Å²) in [6.45, 7) is 7.20. The SMILES string of the molecule is CNCC(O)c1cn(C)c2ccc(C(C)(C)C)cc12. The monoisotopic (exact) mass is 260 g/mol. The zero-order valence-electron chi connectivity index (χ0n) is 12.5. The third kappa shape index (κ3) is 2.67. The van der Waals surface area contributed by atoms with E-state index in [4.69, 9.17) is 0 Å². The van der Waals surface area contributed by atoms with Crippen molar-refractivity contribution in [3.63, 3.8) is 0 Å². The lowest BCUT2D eigenvalue weighted by molar-refractivity contribution is 0.179. The van der Waals surface area contributed by atoms with Crippen LogP contribution in [0.5, 0.6) is 0 Å². The molecule has 0 aliphatic carbocycles. The van der Waals surface area contributed by atoms with Crippen LogP contribution in [0.3, 0.4) is 0 Å². The van der Waals surface area contributed by atoms with Crippen LogP contribution in [0.15, 0.2) is 24.4 Å². The molecule has 0 aliphatic heterocycles. The van der Waals surface area contributed by atoms with Gasteiger partial charge in [-0.3, -0.25) is 0 Å². The van der Waals surface area contributed by atoms with Crippen molar-refractivity contribution in [1.29, 1.82) is 0 Å². The van der Waals surface area contributed by atoms with E-state index >= 15 is 0 Å². The molecule has 0 spiro atoms. The zero-order valence-corrected chi connectivity index (χ0v) is 12.5. The number of benzene rings is 1. The highest BCUT2D eigenvalue weighted by Crippen LogP contribution is 2.31. The van der Waals surface area contributed by atoms with Crippen molar-refractivity contribution >= 4 is 10.9 Å². The molecule has 2 aromatic rings. The summed E-state index contributed by atoms with van der Waals surface area (Å²) in [5.74, 6) is 0. The topological polar surface area (TPSA) is 37.2 Å². The summed E-state index contributed by atoms with van der Waals surface area (Å²) >= 11 is 0. The van der Waals surface area contributed by atoms with Crippen LogP contribution >= 0.6 is 0 Å². The number of nitrogens with one attached hydrogen (secondary N) is 1. The van der Waals surface area contributed by atoms with E-state index in [9.17, 15) is 5.11 Å². The van der Waals surface area contributed by atoms with Gasteiger partial charge in [0.05, 0.1) is 6.10 Å². The third-order valence-electron chi connectivity index (χ3n) is 3.64. The molecule has 0 aliphatic rings. The lowest BCUT2D eigenvalue weighted by Gasteiger charge is -2.19. The summed E-state index contributed by atoms with van der Waals surface area (Å²) in [5, 5.41) is 14.4. The van der Waals surface area contributed by atoms with Gasteiger partial charge in [0.2, 0.25) is 0 Å². The number of fused-ring (bicyclic) bond motifs is 1. The normalized spacial score (nSPS) is 14.0. The molecular formula is C16H24N2O. The van der Waals surface area contributed by atoms with Crippen LogP contribution in [0.25, 0.3) is 10.9 Å². The van der Waals surface area contributed by atoms with Crippen molar-refractivity contribution in [1.82, 2.24) is 9.88 Å². The number of nitrogens with zero attached hydrogens (tertiary/aromatic N) is 1. The van der Waals surface area contributed by atoms with Gasteiger partial charge in [-0.05, 0) is 30.2 Å². The first-order chi connectivity index (χ1) is 8.84.